The lowest BCUT2D eigenvalue weighted by molar-refractivity contribution is -0.133. The SMILES string of the molecule is CCC1(COc2ccc3c(OCC4CC5CC4C4OC54)cccc3c2)COC1. The molecule has 2 aromatic rings. The summed E-state index contributed by atoms with van der Waals surface area (Å²) in [4.78, 5) is 0. The summed E-state index contributed by atoms with van der Waals surface area (Å²) in [5.74, 6) is 4.09. The fraction of sp³-hybridized carbons (Fsp3) is 0.583. The number of epoxide rings is 1. The predicted octanol–water partition coefficient (Wildman–Crippen LogP) is 4.45. The molecule has 2 saturated carbocycles. The molecule has 4 nitrogen and oxygen atoms in total. The Labute approximate surface area is 166 Å². The second-order valence-electron chi connectivity index (χ2n) is 9.31. The molecule has 2 aliphatic heterocycles. The molecule has 2 bridgehead atoms. The highest BCUT2D eigenvalue weighted by Crippen LogP contribution is 2.58. The molecule has 148 valence electrons. The first-order chi connectivity index (χ1) is 13.7. The third-order valence-corrected chi connectivity index (χ3v) is 7.61. The van der Waals surface area contributed by atoms with E-state index in [1.165, 1.54) is 18.2 Å². The average Bonchev–Trinajstić information content (AvgIpc) is 3.30. The van der Waals surface area contributed by atoms with Gasteiger partial charge in [0.25, 0.3) is 0 Å². The standard InChI is InChI=1S/C24H28O4/c1-2-24(12-25-13-24)14-27-18-6-7-19-15(9-18)4-3-5-21(19)26-11-17-8-16-10-20(17)23-22(16)28-23/h3-7,9,16-17,20,22-23H,2,8,10-14H2,1H3. The minimum Gasteiger partial charge on any atom is -0.493 e. The monoisotopic (exact) mass is 380 g/mol. The first-order valence-electron chi connectivity index (χ1n) is 10.8. The minimum absolute atomic E-state index is 0.199. The number of fused-ring (bicyclic) bond motifs is 6. The molecule has 0 radical (unpaired) electrons. The van der Waals surface area contributed by atoms with Gasteiger partial charge in [-0.3, -0.25) is 0 Å². The van der Waals surface area contributed by atoms with Crippen LogP contribution in [0.3, 0.4) is 0 Å². The highest BCUT2D eigenvalue weighted by atomic mass is 16.6. The largest absolute Gasteiger partial charge is 0.493 e. The Morgan fingerprint density at radius 2 is 2.00 bits per heavy atom. The molecule has 5 unspecified atom stereocenters. The molecule has 0 amide bonds. The number of benzene rings is 2. The predicted molar refractivity (Wildman–Crippen MR) is 107 cm³/mol. The van der Waals surface area contributed by atoms with Gasteiger partial charge in [-0.15, -0.1) is 0 Å². The average molecular weight is 380 g/mol. The van der Waals surface area contributed by atoms with E-state index in [0.717, 1.165) is 61.6 Å². The van der Waals surface area contributed by atoms with Gasteiger partial charge in [-0.1, -0.05) is 19.1 Å². The minimum atomic E-state index is 0.199. The van der Waals surface area contributed by atoms with E-state index in [2.05, 4.69) is 43.3 Å². The Balaban J connectivity index is 1.14. The fourth-order valence-corrected chi connectivity index (χ4v) is 5.59. The van der Waals surface area contributed by atoms with E-state index >= 15 is 0 Å². The normalized spacial score (nSPS) is 34.1. The topological polar surface area (TPSA) is 40.2 Å². The molecular formula is C24H28O4. The maximum atomic E-state index is 6.31. The summed E-state index contributed by atoms with van der Waals surface area (Å²) in [5, 5.41) is 2.33. The summed E-state index contributed by atoms with van der Waals surface area (Å²) in [7, 11) is 0. The van der Waals surface area contributed by atoms with Gasteiger partial charge in [0, 0.05) is 5.39 Å². The van der Waals surface area contributed by atoms with Crippen molar-refractivity contribution in [3.05, 3.63) is 36.4 Å². The number of ether oxygens (including phenoxy) is 4. The van der Waals surface area contributed by atoms with Gasteiger partial charge in [-0.2, -0.15) is 0 Å². The Kier molecular flexibility index (Phi) is 3.89. The van der Waals surface area contributed by atoms with Crippen LogP contribution >= 0.6 is 0 Å². The zero-order valence-corrected chi connectivity index (χ0v) is 16.4. The van der Waals surface area contributed by atoms with E-state index in [1.54, 1.807) is 0 Å². The van der Waals surface area contributed by atoms with Crippen LogP contribution < -0.4 is 9.47 Å². The number of rotatable bonds is 7. The molecule has 2 saturated heterocycles. The van der Waals surface area contributed by atoms with Crippen LogP contribution in [-0.4, -0.2) is 38.6 Å². The highest BCUT2D eigenvalue weighted by molar-refractivity contribution is 5.89. The third kappa shape index (κ3) is 2.73. The van der Waals surface area contributed by atoms with E-state index in [1.807, 2.05) is 0 Å². The zero-order valence-electron chi connectivity index (χ0n) is 16.4. The Bertz CT molecular complexity index is 884. The zero-order chi connectivity index (χ0) is 18.7. The van der Waals surface area contributed by atoms with E-state index in [-0.39, 0.29) is 5.41 Å². The summed E-state index contributed by atoms with van der Waals surface area (Å²) < 4.78 is 23.6. The molecule has 0 spiro atoms. The first-order valence-corrected chi connectivity index (χ1v) is 10.8. The maximum absolute atomic E-state index is 6.31. The van der Waals surface area contributed by atoms with Crippen molar-refractivity contribution in [1.29, 1.82) is 0 Å². The van der Waals surface area contributed by atoms with Gasteiger partial charge in [-0.25, -0.2) is 0 Å². The van der Waals surface area contributed by atoms with Crippen LogP contribution in [0.5, 0.6) is 11.5 Å². The van der Waals surface area contributed by atoms with Crippen LogP contribution in [0.4, 0.5) is 0 Å². The molecule has 5 atom stereocenters. The van der Waals surface area contributed by atoms with Gasteiger partial charge in [0.2, 0.25) is 0 Å². The molecule has 2 heterocycles. The van der Waals surface area contributed by atoms with Crippen molar-refractivity contribution in [2.75, 3.05) is 26.4 Å². The Morgan fingerprint density at radius 3 is 2.75 bits per heavy atom. The van der Waals surface area contributed by atoms with Gasteiger partial charge in [0.05, 0.1) is 44.1 Å². The lowest BCUT2D eigenvalue weighted by Gasteiger charge is -2.40. The van der Waals surface area contributed by atoms with Crippen molar-refractivity contribution in [2.24, 2.45) is 23.2 Å². The van der Waals surface area contributed by atoms with Crippen LogP contribution in [0.25, 0.3) is 10.8 Å². The summed E-state index contributed by atoms with van der Waals surface area (Å²) in [6.45, 7) is 5.36. The Morgan fingerprint density at radius 1 is 1.07 bits per heavy atom. The van der Waals surface area contributed by atoms with Crippen molar-refractivity contribution in [1.82, 2.24) is 0 Å². The van der Waals surface area contributed by atoms with Crippen molar-refractivity contribution < 1.29 is 18.9 Å². The summed E-state index contributed by atoms with van der Waals surface area (Å²) in [6.07, 6.45) is 4.86. The highest BCUT2D eigenvalue weighted by Gasteiger charge is 2.63. The molecule has 4 fully saturated rings. The lowest BCUT2D eigenvalue weighted by atomic mass is 9.84. The molecule has 28 heavy (non-hydrogen) atoms. The van der Waals surface area contributed by atoms with Crippen LogP contribution in [0.2, 0.25) is 0 Å². The third-order valence-electron chi connectivity index (χ3n) is 7.61. The molecule has 6 rings (SSSR count). The summed E-state index contributed by atoms with van der Waals surface area (Å²) in [6, 6.07) is 12.6. The molecule has 0 N–H and O–H groups in total. The van der Waals surface area contributed by atoms with Crippen LogP contribution in [0, 0.1) is 23.2 Å². The van der Waals surface area contributed by atoms with E-state index < -0.39 is 0 Å². The maximum Gasteiger partial charge on any atom is 0.127 e. The fourth-order valence-electron chi connectivity index (χ4n) is 5.59. The van der Waals surface area contributed by atoms with E-state index in [4.69, 9.17) is 18.9 Å². The van der Waals surface area contributed by atoms with E-state index in [9.17, 15) is 0 Å². The lowest BCUT2D eigenvalue weighted by Crippen LogP contribution is -2.46. The molecule has 4 aliphatic rings. The van der Waals surface area contributed by atoms with Gasteiger partial charge >= 0.3 is 0 Å². The van der Waals surface area contributed by atoms with Gasteiger partial charge in [0.1, 0.15) is 11.5 Å². The van der Waals surface area contributed by atoms with Crippen molar-refractivity contribution >= 4 is 10.8 Å². The molecular weight excluding hydrogens is 352 g/mol. The van der Waals surface area contributed by atoms with Gasteiger partial charge in [-0.05, 0) is 66.7 Å². The summed E-state index contributed by atoms with van der Waals surface area (Å²) in [5.41, 5.74) is 0.199. The Hall–Kier alpha value is -1.78. The molecule has 2 aliphatic carbocycles. The second kappa shape index (κ2) is 6.36. The van der Waals surface area contributed by atoms with Crippen molar-refractivity contribution in [3.63, 3.8) is 0 Å². The van der Waals surface area contributed by atoms with Gasteiger partial charge < -0.3 is 18.9 Å². The first kappa shape index (κ1) is 17.1. The molecule has 0 aromatic heterocycles. The number of hydrogen-bond acceptors (Lipinski definition) is 4. The molecule has 2 aromatic carbocycles. The quantitative estimate of drug-likeness (QED) is 0.666. The van der Waals surface area contributed by atoms with Crippen LogP contribution in [0.1, 0.15) is 26.2 Å². The number of hydrogen-bond donors (Lipinski definition) is 0. The molecule has 4 heteroatoms. The van der Waals surface area contributed by atoms with E-state index in [0.29, 0.717) is 18.1 Å². The second-order valence-corrected chi connectivity index (χ2v) is 9.31. The van der Waals surface area contributed by atoms with Gasteiger partial charge in [0.15, 0.2) is 0 Å². The summed E-state index contributed by atoms with van der Waals surface area (Å²) >= 11 is 0. The van der Waals surface area contributed by atoms with Crippen molar-refractivity contribution in [2.45, 2.75) is 38.4 Å². The van der Waals surface area contributed by atoms with Crippen LogP contribution in [-0.2, 0) is 9.47 Å². The van der Waals surface area contributed by atoms with Crippen LogP contribution in [0.15, 0.2) is 36.4 Å². The van der Waals surface area contributed by atoms with Crippen molar-refractivity contribution in [3.8, 4) is 11.5 Å². The smallest absolute Gasteiger partial charge is 0.127 e.